The lowest BCUT2D eigenvalue weighted by molar-refractivity contribution is 0.190. The zero-order valence-corrected chi connectivity index (χ0v) is 18.8. The number of fused-ring (bicyclic) bond motifs is 3. The van der Waals surface area contributed by atoms with Crippen LogP contribution in [0.25, 0.3) is 0 Å². The number of carbonyl (C=O) groups excluding carboxylic acids is 1. The van der Waals surface area contributed by atoms with Crippen molar-refractivity contribution < 1.29 is 18.7 Å². The van der Waals surface area contributed by atoms with Crippen molar-refractivity contribution in [1.29, 1.82) is 0 Å². The average Bonchev–Trinajstić information content (AvgIpc) is 3.36. The molecule has 0 saturated carbocycles. The van der Waals surface area contributed by atoms with Crippen LogP contribution >= 0.6 is 11.6 Å². The Morgan fingerprint density at radius 2 is 1.82 bits per heavy atom. The summed E-state index contributed by atoms with van der Waals surface area (Å²) in [6.45, 7) is 0. The molecule has 2 unspecified atom stereocenters. The smallest absolute Gasteiger partial charge is 0.342 e. The second-order valence-corrected chi connectivity index (χ2v) is 8.33. The number of anilines is 1. The number of nitrogens with zero attached hydrogens (tertiary/aromatic N) is 2. The lowest BCUT2D eigenvalue weighted by Gasteiger charge is -2.26. The van der Waals surface area contributed by atoms with Gasteiger partial charge in [0.15, 0.2) is 11.5 Å². The van der Waals surface area contributed by atoms with Crippen molar-refractivity contribution >= 4 is 29.0 Å². The molecule has 0 aromatic heterocycles. The molecule has 1 aliphatic carbocycles. The molecule has 6 nitrogen and oxygen atoms in total. The number of hydrogen-bond donors (Lipinski definition) is 1. The fourth-order valence-corrected chi connectivity index (χ4v) is 4.73. The molecule has 0 radical (unpaired) electrons. The molecule has 1 heterocycles. The van der Waals surface area contributed by atoms with Gasteiger partial charge in [-0.25, -0.2) is 14.2 Å². The highest BCUT2D eigenvalue weighted by atomic mass is 35.5. The van der Waals surface area contributed by atoms with Gasteiger partial charge in [0.05, 0.1) is 31.0 Å². The number of rotatable bonds is 4. The molecule has 0 fully saturated rings. The lowest BCUT2D eigenvalue weighted by Crippen LogP contribution is -2.34. The number of urea groups is 1. The first-order valence-corrected chi connectivity index (χ1v) is 10.8. The van der Waals surface area contributed by atoms with E-state index in [2.05, 4.69) is 5.32 Å². The number of ether oxygens (including phenoxy) is 2. The summed E-state index contributed by atoms with van der Waals surface area (Å²) < 4.78 is 24.5. The van der Waals surface area contributed by atoms with Gasteiger partial charge >= 0.3 is 6.03 Å². The van der Waals surface area contributed by atoms with Gasteiger partial charge in [-0.1, -0.05) is 41.9 Å². The molecule has 2 aliphatic rings. The van der Waals surface area contributed by atoms with Gasteiger partial charge in [0.2, 0.25) is 0 Å². The third-order valence-electron chi connectivity index (χ3n) is 6.06. The molecular formula is C25H21ClFN3O3. The van der Waals surface area contributed by atoms with Crippen molar-refractivity contribution in [1.82, 2.24) is 5.01 Å². The van der Waals surface area contributed by atoms with E-state index in [0.29, 0.717) is 23.6 Å². The van der Waals surface area contributed by atoms with E-state index in [1.54, 1.807) is 14.2 Å². The highest BCUT2D eigenvalue weighted by molar-refractivity contribution is 6.31. The van der Waals surface area contributed by atoms with Crippen molar-refractivity contribution in [2.45, 2.75) is 12.5 Å². The second-order valence-electron chi connectivity index (χ2n) is 7.92. The maximum atomic E-state index is 13.5. The summed E-state index contributed by atoms with van der Waals surface area (Å²) >= 11 is 5.88. The largest absolute Gasteiger partial charge is 0.493 e. The Labute approximate surface area is 195 Å². The fourth-order valence-electron chi connectivity index (χ4n) is 4.55. The number of halogens is 2. The van der Waals surface area contributed by atoms with E-state index in [9.17, 15) is 9.18 Å². The minimum absolute atomic E-state index is 0.0261. The summed E-state index contributed by atoms with van der Waals surface area (Å²) in [7, 11) is 3.20. The van der Waals surface area contributed by atoms with Crippen molar-refractivity contribution in [3.63, 3.8) is 0 Å². The number of nitrogens with one attached hydrogen (secondary N) is 1. The van der Waals surface area contributed by atoms with Crippen LogP contribution in [-0.4, -0.2) is 31.0 Å². The van der Waals surface area contributed by atoms with Crippen LogP contribution in [0.5, 0.6) is 11.5 Å². The highest BCUT2D eigenvalue weighted by Gasteiger charge is 2.46. The summed E-state index contributed by atoms with van der Waals surface area (Å²) in [4.78, 5) is 13.3. The standard InChI is InChI=1S/C25H21ClFN3O3/c1-32-21-11-15-10-18-23(17(15)13-22(21)33-2)29-30(24(18)14-6-4-3-5-7-14)25(31)28-16-8-9-20(27)19(26)12-16/h3-9,11-13,18,24H,10H2,1-2H3,(H,28,31). The first kappa shape index (κ1) is 21.3. The van der Waals surface area contributed by atoms with Crippen molar-refractivity contribution in [3.05, 3.63) is 88.2 Å². The zero-order valence-electron chi connectivity index (χ0n) is 18.0. The van der Waals surface area contributed by atoms with E-state index in [-0.39, 0.29) is 17.0 Å². The molecule has 1 N–H and O–H groups in total. The van der Waals surface area contributed by atoms with Crippen molar-refractivity contribution in [2.24, 2.45) is 11.0 Å². The van der Waals surface area contributed by atoms with E-state index in [1.165, 1.54) is 23.2 Å². The number of benzene rings is 3. The Morgan fingerprint density at radius 3 is 2.52 bits per heavy atom. The zero-order chi connectivity index (χ0) is 23.1. The first-order chi connectivity index (χ1) is 16.0. The van der Waals surface area contributed by atoms with Crippen LogP contribution in [0.2, 0.25) is 5.02 Å². The Bertz CT molecular complexity index is 1270. The molecule has 168 valence electrons. The summed E-state index contributed by atoms with van der Waals surface area (Å²) in [5.41, 5.74) is 4.23. The molecule has 3 aromatic carbocycles. The van der Waals surface area contributed by atoms with E-state index in [1.807, 2.05) is 42.5 Å². The molecule has 5 rings (SSSR count). The topological polar surface area (TPSA) is 63.2 Å². The minimum atomic E-state index is -0.547. The molecule has 0 bridgehead atoms. The second kappa shape index (κ2) is 8.41. The number of hydrogen-bond acceptors (Lipinski definition) is 4. The van der Waals surface area contributed by atoms with Crippen LogP contribution in [-0.2, 0) is 6.42 Å². The van der Waals surface area contributed by atoms with Crippen molar-refractivity contribution in [2.75, 3.05) is 19.5 Å². The quantitative estimate of drug-likeness (QED) is 0.540. The van der Waals surface area contributed by atoms with E-state index in [4.69, 9.17) is 26.2 Å². The summed E-state index contributed by atoms with van der Waals surface area (Å²) in [5, 5.41) is 8.94. The number of amides is 2. The predicted octanol–water partition coefficient (Wildman–Crippen LogP) is 5.66. The third kappa shape index (κ3) is 3.68. The summed E-state index contributed by atoms with van der Waals surface area (Å²) in [5.74, 6) is 0.700. The third-order valence-corrected chi connectivity index (χ3v) is 6.35. The molecule has 0 spiro atoms. The van der Waals surface area contributed by atoms with Crippen LogP contribution < -0.4 is 14.8 Å². The molecule has 33 heavy (non-hydrogen) atoms. The normalized spacial score (nSPS) is 18.4. The fraction of sp³-hybridized carbons (Fsp3) is 0.200. The van der Waals surface area contributed by atoms with Crippen molar-refractivity contribution in [3.8, 4) is 11.5 Å². The van der Waals surface area contributed by atoms with Gasteiger partial charge in [-0.2, -0.15) is 5.10 Å². The van der Waals surface area contributed by atoms with E-state index < -0.39 is 11.8 Å². The summed E-state index contributed by atoms with van der Waals surface area (Å²) in [6, 6.07) is 17.0. The summed E-state index contributed by atoms with van der Waals surface area (Å²) in [6.07, 6.45) is 0.709. The van der Waals surface area contributed by atoms with Crippen LogP contribution in [0.3, 0.4) is 0 Å². The number of methoxy groups -OCH3 is 2. The lowest BCUT2D eigenvalue weighted by atomic mass is 9.90. The minimum Gasteiger partial charge on any atom is -0.493 e. The Hall–Kier alpha value is -3.58. The van der Waals surface area contributed by atoms with Gasteiger partial charge in [0, 0.05) is 17.2 Å². The Balaban J connectivity index is 1.54. The SMILES string of the molecule is COc1cc2c(cc1OC)C1=NN(C(=O)Nc3ccc(F)c(Cl)c3)C(c3ccccc3)C1C2. The van der Waals surface area contributed by atoms with Gasteiger partial charge in [0.1, 0.15) is 5.82 Å². The molecule has 2 atom stereocenters. The molecule has 8 heteroatoms. The maximum Gasteiger partial charge on any atom is 0.342 e. The molecular weight excluding hydrogens is 445 g/mol. The first-order valence-electron chi connectivity index (χ1n) is 10.4. The van der Waals surface area contributed by atoms with Crippen LogP contribution in [0.15, 0.2) is 65.8 Å². The van der Waals surface area contributed by atoms with Crippen LogP contribution in [0.4, 0.5) is 14.9 Å². The van der Waals surface area contributed by atoms with Gasteiger partial charge in [0.25, 0.3) is 0 Å². The maximum absolute atomic E-state index is 13.5. The highest BCUT2D eigenvalue weighted by Crippen LogP contribution is 2.47. The predicted molar refractivity (Wildman–Crippen MR) is 125 cm³/mol. The van der Waals surface area contributed by atoms with E-state index >= 15 is 0 Å². The van der Waals surface area contributed by atoms with Gasteiger partial charge in [-0.3, -0.25) is 0 Å². The average molecular weight is 466 g/mol. The van der Waals surface area contributed by atoms with Gasteiger partial charge in [-0.05, 0) is 47.9 Å². The molecule has 3 aromatic rings. The van der Waals surface area contributed by atoms with Gasteiger partial charge < -0.3 is 14.8 Å². The van der Waals surface area contributed by atoms with Crippen LogP contribution in [0, 0.1) is 11.7 Å². The monoisotopic (exact) mass is 465 g/mol. The Morgan fingerprint density at radius 1 is 1.09 bits per heavy atom. The molecule has 1 aliphatic heterocycles. The van der Waals surface area contributed by atoms with Crippen LogP contribution in [0.1, 0.15) is 22.7 Å². The Kier molecular flexibility index (Phi) is 5.42. The molecule has 2 amide bonds. The molecule has 0 saturated heterocycles. The number of carbonyl (C=O) groups is 1. The van der Waals surface area contributed by atoms with E-state index in [0.717, 1.165) is 22.4 Å². The van der Waals surface area contributed by atoms with Gasteiger partial charge in [-0.15, -0.1) is 0 Å². The number of hydrazone groups is 1.